The van der Waals surface area contributed by atoms with Crippen LogP contribution in [0.15, 0.2) is 30.3 Å². The van der Waals surface area contributed by atoms with E-state index in [9.17, 15) is 0 Å². The summed E-state index contributed by atoms with van der Waals surface area (Å²) in [7, 11) is 0. The van der Waals surface area contributed by atoms with Crippen LogP contribution < -0.4 is 5.73 Å². The number of anilines is 1. The smallest absolute Gasteiger partial charge is 0.0358 e. The summed E-state index contributed by atoms with van der Waals surface area (Å²) in [6.07, 6.45) is 0. The Morgan fingerprint density at radius 2 is 1.62 bits per heavy atom. The van der Waals surface area contributed by atoms with E-state index in [1.807, 2.05) is 6.07 Å². The summed E-state index contributed by atoms with van der Waals surface area (Å²) in [6.45, 7) is 8.77. The Morgan fingerprint density at radius 3 is 2.25 bits per heavy atom. The van der Waals surface area contributed by atoms with Crippen molar-refractivity contribution in [2.45, 2.75) is 33.1 Å². The van der Waals surface area contributed by atoms with Crippen LogP contribution in [0.25, 0.3) is 10.8 Å². The number of rotatable bonds is 0. The molecule has 16 heavy (non-hydrogen) atoms. The largest absolute Gasteiger partial charge is 0.398 e. The van der Waals surface area contributed by atoms with Gasteiger partial charge in [0.2, 0.25) is 0 Å². The molecule has 0 bridgehead atoms. The van der Waals surface area contributed by atoms with E-state index in [-0.39, 0.29) is 5.41 Å². The second kappa shape index (κ2) is 3.51. The van der Waals surface area contributed by atoms with Gasteiger partial charge in [0.15, 0.2) is 0 Å². The molecule has 0 radical (unpaired) electrons. The van der Waals surface area contributed by atoms with Gasteiger partial charge in [0, 0.05) is 5.69 Å². The van der Waals surface area contributed by atoms with Crippen molar-refractivity contribution < 1.29 is 0 Å². The molecular weight excluding hydrogens is 194 g/mol. The van der Waals surface area contributed by atoms with E-state index >= 15 is 0 Å². The molecule has 2 aromatic rings. The van der Waals surface area contributed by atoms with E-state index in [0.717, 1.165) is 5.69 Å². The molecule has 84 valence electrons. The lowest BCUT2D eigenvalue weighted by atomic mass is 9.82. The molecule has 0 heterocycles. The summed E-state index contributed by atoms with van der Waals surface area (Å²) in [5.74, 6) is 0. The van der Waals surface area contributed by atoms with Crippen molar-refractivity contribution in [3.8, 4) is 0 Å². The van der Waals surface area contributed by atoms with Gasteiger partial charge in [-0.2, -0.15) is 0 Å². The van der Waals surface area contributed by atoms with E-state index < -0.39 is 0 Å². The van der Waals surface area contributed by atoms with Crippen molar-refractivity contribution in [1.29, 1.82) is 0 Å². The number of nitrogens with two attached hydrogens (primary N) is 1. The van der Waals surface area contributed by atoms with Gasteiger partial charge in [-0.3, -0.25) is 0 Å². The van der Waals surface area contributed by atoms with E-state index in [4.69, 9.17) is 5.73 Å². The van der Waals surface area contributed by atoms with Gasteiger partial charge in [-0.25, -0.2) is 0 Å². The predicted molar refractivity (Wildman–Crippen MR) is 71.8 cm³/mol. The second-order valence-electron chi connectivity index (χ2n) is 5.45. The van der Waals surface area contributed by atoms with Gasteiger partial charge in [-0.05, 0) is 40.3 Å². The minimum atomic E-state index is 0.0807. The number of aryl methyl sites for hydroxylation is 1. The van der Waals surface area contributed by atoms with Crippen LogP contribution in [0.1, 0.15) is 31.9 Å². The molecule has 0 unspecified atom stereocenters. The Labute approximate surface area is 97.3 Å². The number of fused-ring (bicyclic) bond motifs is 1. The van der Waals surface area contributed by atoms with Crippen molar-refractivity contribution in [2.75, 3.05) is 5.73 Å². The van der Waals surface area contributed by atoms with Crippen LogP contribution in [0.2, 0.25) is 0 Å². The number of nitrogen functional groups attached to an aromatic ring is 1. The fourth-order valence-corrected chi connectivity index (χ4v) is 2.37. The minimum absolute atomic E-state index is 0.0807. The van der Waals surface area contributed by atoms with Crippen LogP contribution in [0.5, 0.6) is 0 Å². The van der Waals surface area contributed by atoms with Crippen LogP contribution in [0, 0.1) is 6.92 Å². The average Bonchev–Trinajstić information content (AvgIpc) is 2.15. The zero-order valence-corrected chi connectivity index (χ0v) is 10.5. The SMILES string of the molecule is Cc1cccc2c(C(C)(C)C)c(N)ccc12. The molecule has 0 aliphatic heterocycles. The summed E-state index contributed by atoms with van der Waals surface area (Å²) >= 11 is 0. The zero-order valence-electron chi connectivity index (χ0n) is 10.5. The van der Waals surface area contributed by atoms with Crippen molar-refractivity contribution >= 4 is 16.5 Å². The van der Waals surface area contributed by atoms with Gasteiger partial charge in [-0.15, -0.1) is 0 Å². The molecule has 0 aliphatic rings. The van der Waals surface area contributed by atoms with E-state index in [0.29, 0.717) is 0 Å². The highest BCUT2D eigenvalue weighted by Crippen LogP contribution is 2.35. The summed E-state index contributed by atoms with van der Waals surface area (Å²) in [5, 5.41) is 2.59. The number of hydrogen-bond donors (Lipinski definition) is 1. The van der Waals surface area contributed by atoms with E-state index in [1.54, 1.807) is 0 Å². The Hall–Kier alpha value is -1.50. The maximum absolute atomic E-state index is 6.12. The molecule has 0 amide bonds. The van der Waals surface area contributed by atoms with Gasteiger partial charge in [0.05, 0.1) is 0 Å². The summed E-state index contributed by atoms with van der Waals surface area (Å²) in [5.41, 5.74) is 9.66. The summed E-state index contributed by atoms with van der Waals surface area (Å²) < 4.78 is 0. The van der Waals surface area contributed by atoms with Crippen LogP contribution in [-0.4, -0.2) is 0 Å². The molecule has 0 saturated heterocycles. The first kappa shape index (κ1) is 11.0. The third-order valence-corrected chi connectivity index (χ3v) is 3.06. The molecule has 1 nitrogen and oxygen atoms in total. The molecule has 0 saturated carbocycles. The van der Waals surface area contributed by atoms with Crippen LogP contribution in [0.3, 0.4) is 0 Å². The van der Waals surface area contributed by atoms with E-state index in [1.165, 1.54) is 21.9 Å². The molecule has 2 N–H and O–H groups in total. The van der Waals surface area contributed by atoms with Crippen molar-refractivity contribution in [3.63, 3.8) is 0 Å². The Balaban J connectivity index is 2.91. The second-order valence-corrected chi connectivity index (χ2v) is 5.45. The molecule has 0 aromatic heterocycles. The normalized spacial score (nSPS) is 12.0. The van der Waals surface area contributed by atoms with Crippen LogP contribution >= 0.6 is 0 Å². The lowest BCUT2D eigenvalue weighted by molar-refractivity contribution is 0.598. The maximum Gasteiger partial charge on any atom is 0.0358 e. The first-order valence-electron chi connectivity index (χ1n) is 5.69. The molecule has 2 rings (SSSR count). The monoisotopic (exact) mass is 213 g/mol. The maximum atomic E-state index is 6.12. The zero-order chi connectivity index (χ0) is 11.9. The number of benzene rings is 2. The van der Waals surface area contributed by atoms with Crippen molar-refractivity contribution in [1.82, 2.24) is 0 Å². The molecule has 0 fully saturated rings. The number of hydrogen-bond acceptors (Lipinski definition) is 1. The Kier molecular flexibility index (Phi) is 2.42. The van der Waals surface area contributed by atoms with Crippen molar-refractivity contribution in [3.05, 3.63) is 41.5 Å². The average molecular weight is 213 g/mol. The standard InChI is InChI=1S/C15H19N/c1-10-6-5-7-12-11(10)8-9-13(16)14(12)15(2,3)4/h5-9H,16H2,1-4H3. The highest BCUT2D eigenvalue weighted by molar-refractivity contribution is 5.92. The molecule has 0 spiro atoms. The van der Waals surface area contributed by atoms with Crippen LogP contribution in [0.4, 0.5) is 5.69 Å². The fourth-order valence-electron chi connectivity index (χ4n) is 2.37. The van der Waals surface area contributed by atoms with E-state index in [2.05, 4.69) is 52.0 Å². The van der Waals surface area contributed by atoms with Gasteiger partial charge >= 0.3 is 0 Å². The van der Waals surface area contributed by atoms with Gasteiger partial charge in [-0.1, -0.05) is 45.0 Å². The minimum Gasteiger partial charge on any atom is -0.398 e. The third kappa shape index (κ3) is 1.67. The predicted octanol–water partition coefficient (Wildman–Crippen LogP) is 4.03. The third-order valence-electron chi connectivity index (χ3n) is 3.06. The lowest BCUT2D eigenvalue weighted by Gasteiger charge is -2.24. The van der Waals surface area contributed by atoms with Crippen molar-refractivity contribution in [2.24, 2.45) is 0 Å². The summed E-state index contributed by atoms with van der Waals surface area (Å²) in [6, 6.07) is 10.6. The van der Waals surface area contributed by atoms with Crippen LogP contribution in [-0.2, 0) is 5.41 Å². The molecule has 1 heteroatoms. The molecule has 0 aliphatic carbocycles. The first-order valence-corrected chi connectivity index (χ1v) is 5.69. The Morgan fingerprint density at radius 1 is 0.938 bits per heavy atom. The Bertz CT molecular complexity index is 533. The van der Waals surface area contributed by atoms with Gasteiger partial charge < -0.3 is 5.73 Å². The highest BCUT2D eigenvalue weighted by Gasteiger charge is 2.19. The molecular formula is C15H19N. The highest BCUT2D eigenvalue weighted by atomic mass is 14.6. The van der Waals surface area contributed by atoms with Gasteiger partial charge in [0.1, 0.15) is 0 Å². The quantitative estimate of drug-likeness (QED) is 0.657. The fraction of sp³-hybridized carbons (Fsp3) is 0.333. The summed E-state index contributed by atoms with van der Waals surface area (Å²) in [4.78, 5) is 0. The first-order chi connectivity index (χ1) is 7.41. The topological polar surface area (TPSA) is 26.0 Å². The molecule has 0 atom stereocenters. The molecule has 2 aromatic carbocycles. The van der Waals surface area contributed by atoms with Gasteiger partial charge in [0.25, 0.3) is 0 Å². The lowest BCUT2D eigenvalue weighted by Crippen LogP contribution is -2.14.